The number of hydrogen-bond donors (Lipinski definition) is 0. The first-order valence-electron chi connectivity index (χ1n) is 6.23. The number of hydrogen-bond acceptors (Lipinski definition) is 5. The second-order valence-electron chi connectivity index (χ2n) is 4.39. The van der Waals surface area contributed by atoms with Crippen LogP contribution in [0.3, 0.4) is 0 Å². The van der Waals surface area contributed by atoms with E-state index in [1.165, 1.54) is 11.3 Å². The molecular formula is C15H11N5S. The van der Waals surface area contributed by atoms with Gasteiger partial charge in [-0.15, -0.1) is 11.3 Å². The molecule has 3 aromatic rings. The summed E-state index contributed by atoms with van der Waals surface area (Å²) in [5.41, 5.74) is 3.26. The molecule has 0 aliphatic carbocycles. The summed E-state index contributed by atoms with van der Waals surface area (Å²) in [4.78, 5) is 8.52. The van der Waals surface area contributed by atoms with Crippen molar-refractivity contribution in [1.82, 2.24) is 19.7 Å². The highest BCUT2D eigenvalue weighted by Crippen LogP contribution is 2.26. The van der Waals surface area contributed by atoms with Crippen molar-refractivity contribution in [2.75, 3.05) is 0 Å². The van der Waals surface area contributed by atoms with Crippen LogP contribution in [0.2, 0.25) is 0 Å². The molecule has 0 atom stereocenters. The minimum atomic E-state index is 0.535. The van der Waals surface area contributed by atoms with Gasteiger partial charge in [-0.1, -0.05) is 0 Å². The number of aryl methyl sites for hydroxylation is 1. The van der Waals surface area contributed by atoms with E-state index in [0.717, 1.165) is 16.8 Å². The van der Waals surface area contributed by atoms with Crippen molar-refractivity contribution in [1.29, 1.82) is 5.26 Å². The van der Waals surface area contributed by atoms with E-state index in [9.17, 15) is 5.26 Å². The van der Waals surface area contributed by atoms with Crippen LogP contribution in [0, 0.1) is 11.3 Å². The van der Waals surface area contributed by atoms with Gasteiger partial charge in [-0.25, -0.2) is 4.98 Å². The fraction of sp³-hybridized carbons (Fsp3) is 0.0667. The summed E-state index contributed by atoms with van der Waals surface area (Å²) in [6.07, 6.45) is 8.82. The molecule has 0 fully saturated rings. The van der Waals surface area contributed by atoms with E-state index in [1.54, 1.807) is 29.3 Å². The van der Waals surface area contributed by atoms with Gasteiger partial charge in [-0.3, -0.25) is 9.67 Å². The van der Waals surface area contributed by atoms with E-state index in [1.807, 2.05) is 30.8 Å². The zero-order valence-corrected chi connectivity index (χ0v) is 12.1. The number of allylic oxidation sites excluding steroid dienone is 1. The number of pyridine rings is 1. The van der Waals surface area contributed by atoms with E-state index in [0.29, 0.717) is 10.6 Å². The van der Waals surface area contributed by atoms with Gasteiger partial charge in [0, 0.05) is 42.1 Å². The van der Waals surface area contributed by atoms with Gasteiger partial charge in [0.25, 0.3) is 0 Å². The lowest BCUT2D eigenvalue weighted by molar-refractivity contribution is 0.767. The molecule has 0 bridgehead atoms. The average Bonchev–Trinajstić information content (AvgIpc) is 3.15. The lowest BCUT2D eigenvalue weighted by atomic mass is 10.2. The van der Waals surface area contributed by atoms with E-state index < -0.39 is 0 Å². The predicted octanol–water partition coefficient (Wildman–Crippen LogP) is 3.00. The van der Waals surface area contributed by atoms with Crippen LogP contribution in [-0.2, 0) is 7.05 Å². The van der Waals surface area contributed by atoms with E-state index >= 15 is 0 Å². The van der Waals surface area contributed by atoms with Crippen molar-refractivity contribution in [3.8, 4) is 17.3 Å². The lowest BCUT2D eigenvalue weighted by Gasteiger charge is -1.94. The summed E-state index contributed by atoms with van der Waals surface area (Å²) in [5, 5.41) is 16.1. The third-order valence-electron chi connectivity index (χ3n) is 2.87. The van der Waals surface area contributed by atoms with Crippen LogP contribution in [0.5, 0.6) is 0 Å². The van der Waals surface area contributed by atoms with Crippen molar-refractivity contribution in [2.45, 2.75) is 0 Å². The number of nitriles is 1. The van der Waals surface area contributed by atoms with Crippen LogP contribution in [0.4, 0.5) is 0 Å². The Morgan fingerprint density at radius 3 is 2.86 bits per heavy atom. The van der Waals surface area contributed by atoms with Gasteiger partial charge < -0.3 is 0 Å². The van der Waals surface area contributed by atoms with Crippen molar-refractivity contribution in [3.63, 3.8) is 0 Å². The molecule has 3 heterocycles. The molecular weight excluding hydrogens is 282 g/mol. The summed E-state index contributed by atoms with van der Waals surface area (Å²) >= 11 is 1.45. The van der Waals surface area contributed by atoms with Gasteiger partial charge in [0.15, 0.2) is 0 Å². The molecule has 0 aromatic carbocycles. The Bertz CT molecular complexity index is 823. The Kier molecular flexibility index (Phi) is 3.58. The van der Waals surface area contributed by atoms with Crippen LogP contribution in [0.1, 0.15) is 10.6 Å². The number of aromatic nitrogens is 4. The lowest BCUT2D eigenvalue weighted by Crippen LogP contribution is -1.84. The summed E-state index contributed by atoms with van der Waals surface area (Å²) < 4.78 is 1.70. The largest absolute Gasteiger partial charge is 0.275 e. The summed E-state index contributed by atoms with van der Waals surface area (Å²) in [5.74, 6) is 0. The van der Waals surface area contributed by atoms with Crippen LogP contribution < -0.4 is 0 Å². The Hall–Kier alpha value is -2.78. The van der Waals surface area contributed by atoms with Crippen LogP contribution in [0.25, 0.3) is 22.9 Å². The second kappa shape index (κ2) is 5.69. The molecule has 5 nitrogen and oxygen atoms in total. The van der Waals surface area contributed by atoms with Crippen molar-refractivity contribution in [3.05, 3.63) is 52.9 Å². The zero-order chi connectivity index (χ0) is 14.7. The Morgan fingerprint density at radius 2 is 2.19 bits per heavy atom. The minimum absolute atomic E-state index is 0.535. The predicted molar refractivity (Wildman–Crippen MR) is 82.0 cm³/mol. The zero-order valence-electron chi connectivity index (χ0n) is 11.3. The summed E-state index contributed by atoms with van der Waals surface area (Å²) in [6.45, 7) is 0. The first-order valence-corrected chi connectivity index (χ1v) is 7.11. The molecule has 3 aromatic heterocycles. The quantitative estimate of drug-likeness (QED) is 0.696. The van der Waals surface area contributed by atoms with Crippen molar-refractivity contribution in [2.24, 2.45) is 7.05 Å². The van der Waals surface area contributed by atoms with E-state index in [2.05, 4.69) is 21.1 Å². The summed E-state index contributed by atoms with van der Waals surface area (Å²) in [6, 6.07) is 6.00. The average molecular weight is 293 g/mol. The molecule has 21 heavy (non-hydrogen) atoms. The van der Waals surface area contributed by atoms with Gasteiger partial charge in [0.2, 0.25) is 0 Å². The Morgan fingerprint density at radius 1 is 1.38 bits per heavy atom. The monoisotopic (exact) mass is 293 g/mol. The third kappa shape index (κ3) is 2.88. The molecule has 0 aliphatic rings. The molecule has 0 aliphatic heterocycles. The number of nitrogens with zero attached hydrogens (tertiary/aromatic N) is 5. The van der Waals surface area contributed by atoms with Crippen LogP contribution in [-0.4, -0.2) is 19.7 Å². The molecule has 3 rings (SSSR count). The molecule has 0 unspecified atom stereocenters. The van der Waals surface area contributed by atoms with Crippen LogP contribution >= 0.6 is 11.3 Å². The molecule has 0 saturated heterocycles. The third-order valence-corrected chi connectivity index (χ3v) is 3.74. The molecule has 0 N–H and O–H groups in total. The molecule has 0 amide bonds. The van der Waals surface area contributed by atoms with E-state index in [-0.39, 0.29) is 0 Å². The Labute approximate surface area is 125 Å². The SMILES string of the molecule is Cn1cc(C=C(C#N)c2nc(-c3ccncc3)cs2)cn1. The fourth-order valence-corrected chi connectivity index (χ4v) is 2.67. The molecule has 0 radical (unpaired) electrons. The molecule has 102 valence electrons. The molecule has 0 saturated carbocycles. The first-order chi connectivity index (χ1) is 10.3. The topological polar surface area (TPSA) is 67.4 Å². The van der Waals surface area contributed by atoms with Gasteiger partial charge in [-0.2, -0.15) is 10.4 Å². The normalized spacial score (nSPS) is 11.3. The standard InChI is InChI=1S/C15H11N5S/c1-20-9-11(8-18-20)6-13(7-16)15-19-14(10-21-15)12-2-4-17-5-3-12/h2-6,8-10H,1H3. The van der Waals surface area contributed by atoms with Crippen molar-refractivity contribution < 1.29 is 0 Å². The smallest absolute Gasteiger partial charge is 0.134 e. The fourth-order valence-electron chi connectivity index (χ4n) is 1.88. The summed E-state index contributed by atoms with van der Waals surface area (Å²) in [7, 11) is 1.84. The Balaban J connectivity index is 1.95. The maximum Gasteiger partial charge on any atom is 0.134 e. The minimum Gasteiger partial charge on any atom is -0.275 e. The number of rotatable bonds is 3. The van der Waals surface area contributed by atoms with Gasteiger partial charge in [-0.05, 0) is 18.2 Å². The highest BCUT2D eigenvalue weighted by Gasteiger charge is 2.09. The maximum atomic E-state index is 9.34. The van der Waals surface area contributed by atoms with Gasteiger partial charge >= 0.3 is 0 Å². The second-order valence-corrected chi connectivity index (χ2v) is 5.25. The highest BCUT2D eigenvalue weighted by atomic mass is 32.1. The number of thiazole rings is 1. The van der Waals surface area contributed by atoms with Gasteiger partial charge in [0.1, 0.15) is 11.1 Å². The molecule has 6 heteroatoms. The molecule has 0 spiro atoms. The maximum absolute atomic E-state index is 9.34. The highest BCUT2D eigenvalue weighted by molar-refractivity contribution is 7.11. The van der Waals surface area contributed by atoms with Crippen molar-refractivity contribution >= 4 is 23.0 Å². The van der Waals surface area contributed by atoms with Crippen LogP contribution in [0.15, 0.2) is 42.3 Å². The first kappa shape index (κ1) is 13.2. The van der Waals surface area contributed by atoms with Gasteiger partial charge in [0.05, 0.1) is 17.5 Å². The van der Waals surface area contributed by atoms with E-state index in [4.69, 9.17) is 0 Å².